The number of carbonyl (C=O) groups is 3. The minimum atomic E-state index is -0.678. The summed E-state index contributed by atoms with van der Waals surface area (Å²) in [5.41, 5.74) is 2.20. The van der Waals surface area contributed by atoms with Gasteiger partial charge in [-0.25, -0.2) is 9.78 Å². The molecule has 1 aromatic carbocycles. The number of aryl methyl sites for hydroxylation is 1. The molecule has 1 aromatic heterocycles. The van der Waals surface area contributed by atoms with Gasteiger partial charge in [-0.15, -0.1) is 11.3 Å². The van der Waals surface area contributed by atoms with E-state index in [1.165, 1.54) is 11.3 Å². The molecule has 0 fully saturated rings. The lowest BCUT2D eigenvalue weighted by molar-refractivity contribution is -0.127. The average molecular weight is 361 g/mol. The van der Waals surface area contributed by atoms with Gasteiger partial charge >= 0.3 is 5.97 Å². The first kappa shape index (κ1) is 18.6. The van der Waals surface area contributed by atoms with Crippen molar-refractivity contribution in [2.45, 2.75) is 13.8 Å². The number of esters is 1. The van der Waals surface area contributed by atoms with Gasteiger partial charge in [0.15, 0.2) is 12.3 Å². The van der Waals surface area contributed by atoms with Gasteiger partial charge < -0.3 is 15.4 Å². The number of nitrogens with zero attached hydrogens (tertiary/aromatic N) is 1. The highest BCUT2D eigenvalue weighted by Crippen LogP contribution is 2.24. The summed E-state index contributed by atoms with van der Waals surface area (Å²) >= 11 is 1.33. The summed E-state index contributed by atoms with van der Waals surface area (Å²) in [7, 11) is 0. The fourth-order valence-electron chi connectivity index (χ4n) is 1.89. The summed E-state index contributed by atoms with van der Waals surface area (Å²) in [6, 6.07) is 7.79. The van der Waals surface area contributed by atoms with Gasteiger partial charge in [0.2, 0.25) is 5.91 Å². The van der Waals surface area contributed by atoms with Crippen LogP contribution in [0.5, 0.6) is 0 Å². The molecule has 0 unspecified atom stereocenters. The van der Waals surface area contributed by atoms with Crippen LogP contribution in [0.3, 0.4) is 0 Å². The van der Waals surface area contributed by atoms with Crippen LogP contribution in [0, 0.1) is 6.92 Å². The third-order valence-corrected chi connectivity index (χ3v) is 4.06. The van der Waals surface area contributed by atoms with Gasteiger partial charge in [-0.2, -0.15) is 0 Å². The molecule has 0 saturated carbocycles. The van der Waals surface area contributed by atoms with E-state index in [0.717, 1.165) is 11.1 Å². The zero-order chi connectivity index (χ0) is 18.2. The molecule has 0 radical (unpaired) electrons. The molecule has 8 heteroatoms. The maximum atomic E-state index is 12.0. The van der Waals surface area contributed by atoms with Gasteiger partial charge in [0.05, 0.1) is 6.54 Å². The number of ether oxygens (including phenoxy) is 1. The van der Waals surface area contributed by atoms with Crippen LogP contribution < -0.4 is 10.6 Å². The second-order valence-electron chi connectivity index (χ2n) is 5.21. The molecule has 0 aliphatic carbocycles. The molecule has 132 valence electrons. The molecule has 2 aromatic rings. The van der Waals surface area contributed by atoms with Gasteiger partial charge in [0.1, 0.15) is 5.01 Å². The van der Waals surface area contributed by atoms with Crippen LogP contribution in [-0.4, -0.2) is 42.5 Å². The van der Waals surface area contributed by atoms with Crippen molar-refractivity contribution in [1.82, 2.24) is 15.6 Å². The Kier molecular flexibility index (Phi) is 6.64. The Morgan fingerprint density at radius 2 is 1.84 bits per heavy atom. The van der Waals surface area contributed by atoms with Crippen molar-refractivity contribution in [3.05, 3.63) is 40.9 Å². The van der Waals surface area contributed by atoms with E-state index >= 15 is 0 Å². The number of amides is 2. The molecule has 7 nitrogen and oxygen atoms in total. The molecule has 0 bridgehead atoms. The van der Waals surface area contributed by atoms with Crippen molar-refractivity contribution < 1.29 is 19.1 Å². The van der Waals surface area contributed by atoms with E-state index in [-0.39, 0.29) is 18.1 Å². The fraction of sp³-hybridized carbons (Fsp3) is 0.294. The Labute approximate surface area is 149 Å². The van der Waals surface area contributed by atoms with Gasteiger partial charge in [0, 0.05) is 17.5 Å². The second kappa shape index (κ2) is 8.93. The summed E-state index contributed by atoms with van der Waals surface area (Å²) in [6.07, 6.45) is 0. The van der Waals surface area contributed by atoms with E-state index in [0.29, 0.717) is 11.6 Å². The van der Waals surface area contributed by atoms with Gasteiger partial charge in [0.25, 0.3) is 5.91 Å². The van der Waals surface area contributed by atoms with E-state index in [4.69, 9.17) is 4.74 Å². The summed E-state index contributed by atoms with van der Waals surface area (Å²) in [5, 5.41) is 7.20. The molecule has 0 spiro atoms. The molecule has 2 rings (SSSR count). The highest BCUT2D eigenvalue weighted by atomic mass is 32.1. The van der Waals surface area contributed by atoms with Crippen molar-refractivity contribution in [2.75, 3.05) is 19.7 Å². The highest BCUT2D eigenvalue weighted by Gasteiger charge is 2.15. The summed E-state index contributed by atoms with van der Waals surface area (Å²) < 4.78 is 4.91. The topological polar surface area (TPSA) is 97.4 Å². The maximum Gasteiger partial charge on any atom is 0.358 e. The summed E-state index contributed by atoms with van der Waals surface area (Å²) in [5.74, 6) is -1.53. The maximum absolute atomic E-state index is 12.0. The Balaban J connectivity index is 1.84. The minimum absolute atomic E-state index is 0.150. The molecule has 25 heavy (non-hydrogen) atoms. The largest absolute Gasteiger partial charge is 0.451 e. The number of thiazole rings is 1. The van der Waals surface area contributed by atoms with Gasteiger partial charge in [-0.05, 0) is 13.8 Å². The zero-order valence-corrected chi connectivity index (χ0v) is 14.8. The first-order valence-electron chi connectivity index (χ1n) is 7.72. The number of hydrogen-bond donors (Lipinski definition) is 2. The fourth-order valence-corrected chi connectivity index (χ4v) is 2.69. The lowest BCUT2D eigenvalue weighted by Gasteiger charge is -2.05. The van der Waals surface area contributed by atoms with Crippen molar-refractivity contribution >= 4 is 29.1 Å². The van der Waals surface area contributed by atoms with E-state index < -0.39 is 18.5 Å². The number of hydrogen-bond acceptors (Lipinski definition) is 6. The summed E-state index contributed by atoms with van der Waals surface area (Å²) in [6.45, 7) is 3.64. The van der Waals surface area contributed by atoms with E-state index in [1.54, 1.807) is 12.3 Å². The molecule has 0 aliphatic heterocycles. The molecule has 0 aliphatic rings. The monoisotopic (exact) mass is 361 g/mol. The number of likely N-dealkylation sites (N-methyl/N-ethyl adjacent to an activating group) is 1. The van der Waals surface area contributed by atoms with E-state index in [9.17, 15) is 14.4 Å². The number of aromatic nitrogens is 1. The Morgan fingerprint density at radius 3 is 2.52 bits per heavy atom. The SMILES string of the molecule is CCNC(=O)CNC(=O)COC(=O)c1csc(-c2ccc(C)cc2)n1. The van der Waals surface area contributed by atoms with Gasteiger partial charge in [-0.1, -0.05) is 29.8 Å². The molecular weight excluding hydrogens is 342 g/mol. The average Bonchev–Trinajstić information content (AvgIpc) is 3.09. The van der Waals surface area contributed by atoms with Crippen LogP contribution >= 0.6 is 11.3 Å². The Bertz CT molecular complexity index is 756. The van der Waals surface area contributed by atoms with Crippen molar-refractivity contribution in [3.8, 4) is 10.6 Å². The summed E-state index contributed by atoms with van der Waals surface area (Å²) in [4.78, 5) is 39.0. The molecule has 0 atom stereocenters. The predicted molar refractivity (Wildman–Crippen MR) is 94.3 cm³/mol. The molecule has 0 saturated heterocycles. The van der Waals surface area contributed by atoms with Gasteiger partial charge in [-0.3, -0.25) is 9.59 Å². The van der Waals surface area contributed by atoms with Crippen LogP contribution in [0.15, 0.2) is 29.6 Å². The standard InChI is InChI=1S/C17H19N3O4S/c1-3-18-14(21)8-19-15(22)9-24-17(23)13-10-25-16(20-13)12-6-4-11(2)5-7-12/h4-7,10H,3,8-9H2,1-2H3,(H,18,21)(H,19,22). The third kappa shape index (κ3) is 5.68. The lowest BCUT2D eigenvalue weighted by atomic mass is 10.2. The molecular formula is C17H19N3O4S. The Morgan fingerprint density at radius 1 is 1.12 bits per heavy atom. The Hall–Kier alpha value is -2.74. The molecule has 2 N–H and O–H groups in total. The first-order valence-corrected chi connectivity index (χ1v) is 8.60. The van der Waals surface area contributed by atoms with Crippen LogP contribution in [0.2, 0.25) is 0 Å². The second-order valence-corrected chi connectivity index (χ2v) is 6.07. The number of carbonyl (C=O) groups excluding carboxylic acids is 3. The number of rotatable bonds is 7. The van der Waals surface area contributed by atoms with Crippen LogP contribution in [0.1, 0.15) is 23.0 Å². The quantitative estimate of drug-likeness (QED) is 0.729. The lowest BCUT2D eigenvalue weighted by Crippen LogP contribution is -2.38. The first-order chi connectivity index (χ1) is 12.0. The minimum Gasteiger partial charge on any atom is -0.451 e. The van der Waals surface area contributed by atoms with Crippen molar-refractivity contribution in [1.29, 1.82) is 0 Å². The highest BCUT2D eigenvalue weighted by molar-refractivity contribution is 7.13. The zero-order valence-electron chi connectivity index (χ0n) is 14.0. The predicted octanol–water partition coefficient (Wildman–Crippen LogP) is 1.53. The van der Waals surface area contributed by atoms with Crippen molar-refractivity contribution in [2.24, 2.45) is 0 Å². The number of nitrogens with one attached hydrogen (secondary N) is 2. The van der Waals surface area contributed by atoms with Crippen LogP contribution in [0.25, 0.3) is 10.6 Å². The van der Waals surface area contributed by atoms with Crippen molar-refractivity contribution in [3.63, 3.8) is 0 Å². The number of benzene rings is 1. The van der Waals surface area contributed by atoms with Crippen LogP contribution in [0.4, 0.5) is 0 Å². The van der Waals surface area contributed by atoms with Crippen LogP contribution in [-0.2, 0) is 14.3 Å². The molecule has 2 amide bonds. The smallest absolute Gasteiger partial charge is 0.358 e. The van der Waals surface area contributed by atoms with E-state index in [2.05, 4.69) is 15.6 Å². The molecule has 1 heterocycles. The van der Waals surface area contributed by atoms with E-state index in [1.807, 2.05) is 31.2 Å². The normalized spacial score (nSPS) is 10.2. The third-order valence-electron chi connectivity index (χ3n) is 3.17.